The minimum atomic E-state index is -0.171. The van der Waals surface area contributed by atoms with Gasteiger partial charge in [-0.3, -0.25) is 14.5 Å². The van der Waals surface area contributed by atoms with Crippen molar-refractivity contribution in [3.05, 3.63) is 77.1 Å². The summed E-state index contributed by atoms with van der Waals surface area (Å²) in [7, 11) is 2.03. The van der Waals surface area contributed by atoms with Gasteiger partial charge in [0.2, 0.25) is 0 Å². The van der Waals surface area contributed by atoms with Gasteiger partial charge in [-0.05, 0) is 48.8 Å². The molecule has 3 aromatic rings. The molecule has 1 fully saturated rings. The second-order valence-electron chi connectivity index (χ2n) is 10.2. The molecule has 3 heterocycles. The number of piperidine rings is 1. The third-order valence-corrected chi connectivity index (χ3v) is 7.25. The van der Waals surface area contributed by atoms with Gasteiger partial charge in [-0.15, -0.1) is 0 Å². The first-order chi connectivity index (χ1) is 16.3. The number of amides is 2. The molecule has 2 aliphatic heterocycles. The van der Waals surface area contributed by atoms with E-state index in [-0.39, 0.29) is 11.8 Å². The third-order valence-electron chi connectivity index (χ3n) is 7.25. The molecule has 2 aromatic carbocycles. The second-order valence-corrected chi connectivity index (χ2v) is 10.2. The van der Waals surface area contributed by atoms with Crippen molar-refractivity contribution in [1.82, 2.24) is 14.4 Å². The van der Waals surface area contributed by atoms with Crippen LogP contribution in [0.15, 0.2) is 60.4 Å². The first kappa shape index (κ1) is 22.5. The monoisotopic (exact) mass is 455 g/mol. The third kappa shape index (κ3) is 3.93. The molecule has 0 spiro atoms. The molecule has 0 aliphatic carbocycles. The highest BCUT2D eigenvalue weighted by Gasteiger charge is 2.42. The largest absolute Gasteiger partial charge is 0.366 e. The molecule has 0 radical (unpaired) electrons. The predicted molar refractivity (Wildman–Crippen MR) is 136 cm³/mol. The number of nitrogens with zero attached hydrogens (tertiary/aromatic N) is 3. The zero-order valence-electron chi connectivity index (χ0n) is 20.5. The van der Waals surface area contributed by atoms with Crippen LogP contribution in [0.4, 0.5) is 0 Å². The van der Waals surface area contributed by atoms with Crippen LogP contribution in [0.3, 0.4) is 0 Å². The highest BCUT2D eigenvalue weighted by atomic mass is 16.2. The molecule has 34 heavy (non-hydrogen) atoms. The van der Waals surface area contributed by atoms with Crippen molar-refractivity contribution in [2.24, 2.45) is 18.9 Å². The summed E-state index contributed by atoms with van der Waals surface area (Å²) >= 11 is 0. The summed E-state index contributed by atoms with van der Waals surface area (Å²) in [5.74, 6) is 0.656. The number of carbonyl (C=O) groups excluding carboxylic acids is 2. The standard InChI is InChI=1S/C29H33N3O2/c1-19-9-11-22(12-10-19)26-27(31-16-20(2)15-21(3)17-31)29(34)32(28(26)33)14-13-23-18-30(4)25-8-6-5-7-24(23)25/h5-12,18,20-21H,13-17H2,1-4H3. The SMILES string of the molecule is Cc1ccc(C2=C(N3CC(C)CC(C)C3)C(=O)N(CCc3cn(C)c4ccccc34)C2=O)cc1. The van der Waals surface area contributed by atoms with Gasteiger partial charge in [0.25, 0.3) is 11.8 Å². The van der Waals surface area contributed by atoms with Gasteiger partial charge in [0.15, 0.2) is 0 Å². The summed E-state index contributed by atoms with van der Waals surface area (Å²) in [6, 6.07) is 16.2. The molecule has 2 aliphatic rings. The molecule has 1 aromatic heterocycles. The van der Waals surface area contributed by atoms with E-state index in [0.29, 0.717) is 36.1 Å². The van der Waals surface area contributed by atoms with Gasteiger partial charge >= 0.3 is 0 Å². The van der Waals surface area contributed by atoms with Gasteiger partial charge in [0.1, 0.15) is 5.70 Å². The van der Waals surface area contributed by atoms with E-state index in [4.69, 9.17) is 0 Å². The molecule has 5 heteroatoms. The molecule has 2 atom stereocenters. The zero-order chi connectivity index (χ0) is 24.0. The Balaban J connectivity index is 1.48. The number of para-hydroxylation sites is 1. The van der Waals surface area contributed by atoms with Crippen LogP contribution in [-0.2, 0) is 23.1 Å². The second kappa shape index (κ2) is 8.79. The van der Waals surface area contributed by atoms with Crippen molar-refractivity contribution >= 4 is 28.3 Å². The topological polar surface area (TPSA) is 45.6 Å². The van der Waals surface area contributed by atoms with Crippen molar-refractivity contribution in [3.63, 3.8) is 0 Å². The minimum Gasteiger partial charge on any atom is -0.366 e. The van der Waals surface area contributed by atoms with Crippen molar-refractivity contribution in [2.45, 2.75) is 33.6 Å². The van der Waals surface area contributed by atoms with Crippen LogP contribution in [-0.4, -0.2) is 45.8 Å². The van der Waals surface area contributed by atoms with Gasteiger partial charge in [-0.1, -0.05) is 61.9 Å². The smallest absolute Gasteiger partial charge is 0.277 e. The molecule has 5 rings (SSSR count). The number of hydrogen-bond acceptors (Lipinski definition) is 3. The summed E-state index contributed by atoms with van der Waals surface area (Å²) in [6.45, 7) is 8.49. The van der Waals surface area contributed by atoms with E-state index in [1.165, 1.54) is 10.3 Å². The van der Waals surface area contributed by atoms with Gasteiger partial charge in [-0.25, -0.2) is 0 Å². The van der Waals surface area contributed by atoms with Gasteiger partial charge < -0.3 is 9.47 Å². The lowest BCUT2D eigenvalue weighted by atomic mass is 9.91. The average molecular weight is 456 g/mol. The number of carbonyl (C=O) groups is 2. The maximum Gasteiger partial charge on any atom is 0.277 e. The van der Waals surface area contributed by atoms with Crippen molar-refractivity contribution in [2.75, 3.05) is 19.6 Å². The summed E-state index contributed by atoms with van der Waals surface area (Å²) in [6.07, 6.45) is 3.90. The Labute approximate surface area is 201 Å². The molecule has 1 saturated heterocycles. The summed E-state index contributed by atoms with van der Waals surface area (Å²) in [5.41, 5.74) is 5.43. The molecule has 2 unspecified atom stereocenters. The van der Waals surface area contributed by atoms with Crippen LogP contribution in [0.1, 0.15) is 37.0 Å². The first-order valence-corrected chi connectivity index (χ1v) is 12.3. The van der Waals surface area contributed by atoms with Crippen LogP contribution in [0.2, 0.25) is 0 Å². The Kier molecular flexibility index (Phi) is 5.80. The Hall–Kier alpha value is -3.34. The highest BCUT2D eigenvalue weighted by Crippen LogP contribution is 2.35. The number of imide groups is 1. The lowest BCUT2D eigenvalue weighted by molar-refractivity contribution is -0.137. The molecular formula is C29H33N3O2. The summed E-state index contributed by atoms with van der Waals surface area (Å²) in [5, 5.41) is 1.18. The molecule has 2 amide bonds. The maximum absolute atomic E-state index is 13.8. The van der Waals surface area contributed by atoms with Crippen molar-refractivity contribution in [1.29, 1.82) is 0 Å². The number of aromatic nitrogens is 1. The van der Waals surface area contributed by atoms with E-state index < -0.39 is 0 Å². The van der Waals surface area contributed by atoms with Crippen LogP contribution in [0.25, 0.3) is 16.5 Å². The number of aryl methyl sites for hydroxylation is 2. The molecule has 0 saturated carbocycles. The Bertz CT molecular complexity index is 1270. The normalized spacial score (nSPS) is 21.3. The molecule has 5 nitrogen and oxygen atoms in total. The van der Waals surface area contributed by atoms with Gasteiger partial charge in [-0.2, -0.15) is 0 Å². The Morgan fingerprint density at radius 1 is 0.912 bits per heavy atom. The van der Waals surface area contributed by atoms with Crippen LogP contribution in [0.5, 0.6) is 0 Å². The highest BCUT2D eigenvalue weighted by molar-refractivity contribution is 6.35. The van der Waals surface area contributed by atoms with E-state index in [9.17, 15) is 9.59 Å². The first-order valence-electron chi connectivity index (χ1n) is 12.3. The maximum atomic E-state index is 13.8. The zero-order valence-corrected chi connectivity index (χ0v) is 20.5. The molecule has 0 bridgehead atoms. The van der Waals surface area contributed by atoms with E-state index in [1.807, 2.05) is 50.4 Å². The average Bonchev–Trinajstić information content (AvgIpc) is 3.25. The molecule has 176 valence electrons. The van der Waals surface area contributed by atoms with E-state index in [1.54, 1.807) is 0 Å². The summed E-state index contributed by atoms with van der Waals surface area (Å²) < 4.78 is 2.11. The molecular weight excluding hydrogens is 422 g/mol. The minimum absolute atomic E-state index is 0.151. The number of hydrogen-bond donors (Lipinski definition) is 0. The van der Waals surface area contributed by atoms with Crippen LogP contribution < -0.4 is 0 Å². The Morgan fingerprint density at radius 2 is 1.59 bits per heavy atom. The fraction of sp³-hybridized carbons (Fsp3) is 0.379. The molecule has 0 N–H and O–H groups in total. The number of fused-ring (bicyclic) bond motifs is 1. The quantitative estimate of drug-likeness (QED) is 0.520. The lowest BCUT2D eigenvalue weighted by Gasteiger charge is -2.37. The van der Waals surface area contributed by atoms with Crippen molar-refractivity contribution in [3.8, 4) is 0 Å². The van der Waals surface area contributed by atoms with Gasteiger partial charge in [0, 0.05) is 43.8 Å². The van der Waals surface area contributed by atoms with Crippen LogP contribution in [0, 0.1) is 18.8 Å². The van der Waals surface area contributed by atoms with E-state index in [0.717, 1.165) is 41.7 Å². The predicted octanol–water partition coefficient (Wildman–Crippen LogP) is 4.79. The number of likely N-dealkylation sites (tertiary alicyclic amines) is 1. The van der Waals surface area contributed by atoms with Crippen molar-refractivity contribution < 1.29 is 9.59 Å². The number of benzene rings is 2. The summed E-state index contributed by atoms with van der Waals surface area (Å²) in [4.78, 5) is 31.1. The van der Waals surface area contributed by atoms with Gasteiger partial charge in [0.05, 0.1) is 5.57 Å². The van der Waals surface area contributed by atoms with E-state index in [2.05, 4.69) is 41.6 Å². The number of rotatable bonds is 5. The fourth-order valence-corrected chi connectivity index (χ4v) is 5.74. The Morgan fingerprint density at radius 3 is 2.29 bits per heavy atom. The fourth-order valence-electron chi connectivity index (χ4n) is 5.74. The van der Waals surface area contributed by atoms with E-state index >= 15 is 0 Å². The lowest BCUT2D eigenvalue weighted by Crippen LogP contribution is -2.42. The van der Waals surface area contributed by atoms with Crippen LogP contribution >= 0.6 is 0 Å².